The van der Waals surface area contributed by atoms with Gasteiger partial charge in [-0.25, -0.2) is 0 Å². The second-order valence-electron chi connectivity index (χ2n) is 3.92. The van der Waals surface area contributed by atoms with Crippen molar-refractivity contribution in [2.45, 2.75) is 59.1 Å². The number of hydrogen-bond donors (Lipinski definition) is 1. The van der Waals surface area contributed by atoms with E-state index in [-0.39, 0.29) is 6.04 Å². The van der Waals surface area contributed by atoms with Gasteiger partial charge < -0.3 is 10.0 Å². The zero-order valence-corrected chi connectivity index (χ0v) is 10.4. The summed E-state index contributed by atoms with van der Waals surface area (Å²) in [5.74, 6) is 0. The van der Waals surface area contributed by atoms with E-state index in [9.17, 15) is 5.11 Å². The minimum absolute atomic E-state index is 0.271. The van der Waals surface area contributed by atoms with Gasteiger partial charge in [0.15, 0.2) is 0 Å². The molecule has 0 rings (SSSR count). The standard InChI is InChI=1S/C9H21NO.C2H6/c1-6-7-8(10(4)5)9(2,3)11;1-2/h8,11H,6-7H2,1-5H3;1-2H3. The molecule has 13 heavy (non-hydrogen) atoms. The van der Waals surface area contributed by atoms with Crippen molar-refractivity contribution >= 4 is 0 Å². The van der Waals surface area contributed by atoms with Crippen LogP contribution >= 0.6 is 0 Å². The molecule has 0 saturated carbocycles. The molecule has 0 saturated heterocycles. The second-order valence-corrected chi connectivity index (χ2v) is 3.92. The van der Waals surface area contributed by atoms with E-state index in [0.717, 1.165) is 12.8 Å². The van der Waals surface area contributed by atoms with E-state index in [2.05, 4.69) is 11.8 Å². The summed E-state index contributed by atoms with van der Waals surface area (Å²) in [5, 5.41) is 9.74. The average Bonchev–Trinajstić information content (AvgIpc) is 2.01. The molecule has 0 aromatic carbocycles. The Hall–Kier alpha value is -0.0800. The molecule has 1 atom stereocenters. The second kappa shape index (κ2) is 7.34. The fourth-order valence-electron chi connectivity index (χ4n) is 1.52. The minimum atomic E-state index is -0.584. The highest BCUT2D eigenvalue weighted by Gasteiger charge is 2.27. The number of nitrogens with zero attached hydrogens (tertiary/aromatic N) is 1. The quantitative estimate of drug-likeness (QED) is 0.734. The van der Waals surface area contributed by atoms with Crippen molar-refractivity contribution in [1.29, 1.82) is 0 Å². The Balaban J connectivity index is 0. The molecule has 0 aliphatic carbocycles. The summed E-state index contributed by atoms with van der Waals surface area (Å²) in [6, 6.07) is 0.271. The monoisotopic (exact) mass is 189 g/mol. The van der Waals surface area contributed by atoms with Crippen molar-refractivity contribution in [2.24, 2.45) is 0 Å². The molecule has 0 bridgehead atoms. The van der Waals surface area contributed by atoms with E-state index in [4.69, 9.17) is 0 Å². The van der Waals surface area contributed by atoms with Crippen LogP contribution in [0.15, 0.2) is 0 Å². The molecule has 0 heterocycles. The number of rotatable bonds is 4. The number of likely N-dealkylation sites (N-methyl/N-ethyl adjacent to an activating group) is 1. The van der Waals surface area contributed by atoms with Crippen LogP contribution in [0.2, 0.25) is 0 Å². The zero-order chi connectivity index (χ0) is 11.1. The number of aliphatic hydroxyl groups is 1. The molecule has 0 aliphatic heterocycles. The summed E-state index contributed by atoms with van der Waals surface area (Å²) in [7, 11) is 4.02. The van der Waals surface area contributed by atoms with Crippen LogP contribution in [-0.4, -0.2) is 35.7 Å². The molecule has 0 aromatic rings. The molecule has 1 unspecified atom stereocenters. The third-order valence-corrected chi connectivity index (χ3v) is 2.00. The van der Waals surface area contributed by atoms with Crippen LogP contribution in [0.3, 0.4) is 0 Å². The Morgan fingerprint density at radius 3 is 1.69 bits per heavy atom. The summed E-state index contributed by atoms with van der Waals surface area (Å²) >= 11 is 0. The Bertz CT molecular complexity index is 105. The SMILES string of the molecule is CC.CCCC(N(C)C)C(C)(C)O. The summed E-state index contributed by atoms with van der Waals surface area (Å²) in [6.07, 6.45) is 2.17. The molecule has 2 heteroatoms. The van der Waals surface area contributed by atoms with E-state index in [1.54, 1.807) is 0 Å². The lowest BCUT2D eigenvalue weighted by atomic mass is 9.94. The smallest absolute Gasteiger partial charge is 0.0746 e. The predicted molar refractivity (Wildman–Crippen MR) is 60.0 cm³/mol. The van der Waals surface area contributed by atoms with E-state index in [0.29, 0.717) is 0 Å². The third kappa shape index (κ3) is 7.03. The van der Waals surface area contributed by atoms with Crippen LogP contribution < -0.4 is 0 Å². The van der Waals surface area contributed by atoms with Gasteiger partial charge in [0, 0.05) is 6.04 Å². The Labute approximate surface area is 83.9 Å². The van der Waals surface area contributed by atoms with Gasteiger partial charge in [0.25, 0.3) is 0 Å². The lowest BCUT2D eigenvalue weighted by molar-refractivity contribution is -0.00575. The van der Waals surface area contributed by atoms with Crippen molar-refractivity contribution in [3.05, 3.63) is 0 Å². The third-order valence-electron chi connectivity index (χ3n) is 2.00. The fourth-order valence-corrected chi connectivity index (χ4v) is 1.52. The molecule has 0 amide bonds. The first-order valence-corrected chi connectivity index (χ1v) is 5.28. The maximum atomic E-state index is 9.74. The molecule has 1 N–H and O–H groups in total. The van der Waals surface area contributed by atoms with Crippen molar-refractivity contribution in [2.75, 3.05) is 14.1 Å². The van der Waals surface area contributed by atoms with Gasteiger partial charge in [0.1, 0.15) is 0 Å². The van der Waals surface area contributed by atoms with Crippen LogP contribution in [0, 0.1) is 0 Å². The van der Waals surface area contributed by atoms with Gasteiger partial charge in [0.05, 0.1) is 5.60 Å². The van der Waals surface area contributed by atoms with Crippen molar-refractivity contribution in [3.8, 4) is 0 Å². The zero-order valence-electron chi connectivity index (χ0n) is 10.4. The lowest BCUT2D eigenvalue weighted by Gasteiger charge is -2.34. The largest absolute Gasteiger partial charge is 0.389 e. The molecule has 0 spiro atoms. The van der Waals surface area contributed by atoms with Crippen LogP contribution in [0.4, 0.5) is 0 Å². The Kier molecular flexibility index (Phi) is 8.69. The van der Waals surface area contributed by atoms with Gasteiger partial charge >= 0.3 is 0 Å². The maximum Gasteiger partial charge on any atom is 0.0746 e. The van der Waals surface area contributed by atoms with Gasteiger partial charge in [-0.15, -0.1) is 0 Å². The van der Waals surface area contributed by atoms with E-state index < -0.39 is 5.60 Å². The highest BCUT2D eigenvalue weighted by molar-refractivity contribution is 4.82. The molecule has 82 valence electrons. The first-order valence-electron chi connectivity index (χ1n) is 5.28. The summed E-state index contributed by atoms with van der Waals surface area (Å²) in [4.78, 5) is 2.09. The molecular weight excluding hydrogens is 162 g/mol. The van der Waals surface area contributed by atoms with Crippen LogP contribution in [0.5, 0.6) is 0 Å². The van der Waals surface area contributed by atoms with Crippen molar-refractivity contribution < 1.29 is 5.11 Å². The topological polar surface area (TPSA) is 23.5 Å². The average molecular weight is 189 g/mol. The lowest BCUT2D eigenvalue weighted by Crippen LogP contribution is -2.45. The van der Waals surface area contributed by atoms with Gasteiger partial charge in [-0.3, -0.25) is 0 Å². The fraction of sp³-hybridized carbons (Fsp3) is 1.00. The van der Waals surface area contributed by atoms with Crippen LogP contribution in [-0.2, 0) is 0 Å². The first-order chi connectivity index (χ1) is 5.89. The van der Waals surface area contributed by atoms with Gasteiger partial charge in [-0.05, 0) is 34.4 Å². The molecular formula is C11H27NO. The highest BCUT2D eigenvalue weighted by Crippen LogP contribution is 2.17. The summed E-state index contributed by atoms with van der Waals surface area (Å²) in [6.45, 7) is 9.88. The van der Waals surface area contributed by atoms with Crippen molar-refractivity contribution in [3.63, 3.8) is 0 Å². The molecule has 0 aliphatic rings. The van der Waals surface area contributed by atoms with E-state index in [1.165, 1.54) is 0 Å². The molecule has 2 nitrogen and oxygen atoms in total. The minimum Gasteiger partial charge on any atom is -0.389 e. The van der Waals surface area contributed by atoms with Crippen LogP contribution in [0.1, 0.15) is 47.5 Å². The normalized spacial score (nSPS) is 13.6. The van der Waals surface area contributed by atoms with Gasteiger partial charge in [0.2, 0.25) is 0 Å². The van der Waals surface area contributed by atoms with Crippen molar-refractivity contribution in [1.82, 2.24) is 4.90 Å². The molecule has 0 fully saturated rings. The Morgan fingerprint density at radius 2 is 1.62 bits per heavy atom. The Morgan fingerprint density at radius 1 is 1.23 bits per heavy atom. The molecule has 0 radical (unpaired) electrons. The van der Waals surface area contributed by atoms with Crippen LogP contribution in [0.25, 0.3) is 0 Å². The van der Waals surface area contributed by atoms with Gasteiger partial charge in [-0.2, -0.15) is 0 Å². The summed E-state index contributed by atoms with van der Waals surface area (Å²) < 4.78 is 0. The van der Waals surface area contributed by atoms with E-state index >= 15 is 0 Å². The summed E-state index contributed by atoms with van der Waals surface area (Å²) in [5.41, 5.74) is -0.584. The first kappa shape index (κ1) is 15.4. The van der Waals surface area contributed by atoms with Gasteiger partial charge in [-0.1, -0.05) is 27.2 Å². The predicted octanol–water partition coefficient (Wildman–Crippen LogP) is 2.51. The highest BCUT2D eigenvalue weighted by atomic mass is 16.3. The molecule has 0 aromatic heterocycles. The number of hydrogen-bond acceptors (Lipinski definition) is 2. The maximum absolute atomic E-state index is 9.74. The van der Waals surface area contributed by atoms with E-state index in [1.807, 2.05) is 41.8 Å².